The van der Waals surface area contributed by atoms with E-state index in [-0.39, 0.29) is 11.4 Å². The number of allylic oxidation sites excluding steroid dienone is 4. The molecule has 0 radical (unpaired) electrons. The van der Waals surface area contributed by atoms with Crippen LogP contribution in [0.5, 0.6) is 0 Å². The molecule has 1 heterocycles. The van der Waals surface area contributed by atoms with Gasteiger partial charge in [-0.15, -0.1) is 0 Å². The van der Waals surface area contributed by atoms with Crippen molar-refractivity contribution in [1.82, 2.24) is 0 Å². The fourth-order valence-electron chi connectivity index (χ4n) is 1.47. The van der Waals surface area contributed by atoms with Gasteiger partial charge in [-0.2, -0.15) is 0 Å². The Kier molecular flexibility index (Phi) is 1.28. The average molecular weight is 162 g/mol. The van der Waals surface area contributed by atoms with Gasteiger partial charge in [0.05, 0.1) is 0 Å². The van der Waals surface area contributed by atoms with Crippen molar-refractivity contribution in [3.63, 3.8) is 0 Å². The Morgan fingerprint density at radius 2 is 2.17 bits per heavy atom. The van der Waals surface area contributed by atoms with Gasteiger partial charge < -0.3 is 4.74 Å². The third-order valence-electron chi connectivity index (χ3n) is 2.19. The first-order chi connectivity index (χ1) is 5.59. The van der Waals surface area contributed by atoms with Crippen molar-refractivity contribution in [1.29, 1.82) is 0 Å². The van der Waals surface area contributed by atoms with E-state index in [0.717, 1.165) is 5.57 Å². The standard InChI is InChI=1S/C10H10O2/c1-10(2)5-3-4-8-7(10)6-9(11)12-8/h3-6H,1-2H3. The second-order valence-corrected chi connectivity index (χ2v) is 3.59. The molecule has 0 atom stereocenters. The van der Waals surface area contributed by atoms with Crippen LogP contribution in [0, 0.1) is 5.41 Å². The predicted molar refractivity (Wildman–Crippen MR) is 45.2 cm³/mol. The highest BCUT2D eigenvalue weighted by atomic mass is 16.5. The van der Waals surface area contributed by atoms with Crippen molar-refractivity contribution in [2.45, 2.75) is 13.8 Å². The first-order valence-corrected chi connectivity index (χ1v) is 3.93. The second-order valence-electron chi connectivity index (χ2n) is 3.59. The van der Waals surface area contributed by atoms with E-state index >= 15 is 0 Å². The van der Waals surface area contributed by atoms with Crippen molar-refractivity contribution >= 4 is 5.97 Å². The van der Waals surface area contributed by atoms with Crippen LogP contribution in [0.1, 0.15) is 13.8 Å². The van der Waals surface area contributed by atoms with Crippen LogP contribution in [0.15, 0.2) is 35.6 Å². The summed E-state index contributed by atoms with van der Waals surface area (Å²) in [5.74, 6) is 0.445. The molecule has 0 saturated heterocycles. The highest BCUT2D eigenvalue weighted by Gasteiger charge is 2.32. The van der Waals surface area contributed by atoms with Gasteiger partial charge in [-0.3, -0.25) is 0 Å². The zero-order chi connectivity index (χ0) is 8.77. The van der Waals surface area contributed by atoms with Crippen molar-refractivity contribution < 1.29 is 9.53 Å². The summed E-state index contributed by atoms with van der Waals surface area (Å²) in [6.07, 6.45) is 7.37. The maximum atomic E-state index is 10.9. The lowest BCUT2D eigenvalue weighted by molar-refractivity contribution is -0.132. The largest absolute Gasteiger partial charge is 0.423 e. The molecule has 0 bridgehead atoms. The fourth-order valence-corrected chi connectivity index (χ4v) is 1.47. The number of rotatable bonds is 0. The van der Waals surface area contributed by atoms with Gasteiger partial charge in [-0.1, -0.05) is 26.0 Å². The number of hydrogen-bond acceptors (Lipinski definition) is 2. The molecule has 12 heavy (non-hydrogen) atoms. The van der Waals surface area contributed by atoms with Gasteiger partial charge >= 0.3 is 5.97 Å². The van der Waals surface area contributed by atoms with Gasteiger partial charge in [-0.05, 0) is 6.08 Å². The molecular weight excluding hydrogens is 152 g/mol. The summed E-state index contributed by atoms with van der Waals surface area (Å²) in [6.45, 7) is 4.12. The minimum Gasteiger partial charge on any atom is -0.423 e. The lowest BCUT2D eigenvalue weighted by Gasteiger charge is -2.24. The third-order valence-corrected chi connectivity index (χ3v) is 2.19. The molecule has 0 spiro atoms. The number of carbonyl (C=O) groups is 1. The van der Waals surface area contributed by atoms with Gasteiger partial charge in [0.2, 0.25) is 0 Å². The molecule has 0 N–H and O–H groups in total. The van der Waals surface area contributed by atoms with Crippen LogP contribution in [0.2, 0.25) is 0 Å². The number of hydrogen-bond donors (Lipinski definition) is 0. The SMILES string of the molecule is CC1(C)C=CC=C2OC(=O)C=C21. The van der Waals surface area contributed by atoms with E-state index in [0.29, 0.717) is 5.76 Å². The number of ether oxygens (including phenoxy) is 1. The highest BCUT2D eigenvalue weighted by Crippen LogP contribution is 2.39. The molecule has 0 fully saturated rings. The first kappa shape index (κ1) is 7.35. The van der Waals surface area contributed by atoms with Gasteiger partial charge in [-0.25, -0.2) is 4.79 Å². The lowest BCUT2D eigenvalue weighted by atomic mass is 9.80. The summed E-state index contributed by atoms with van der Waals surface area (Å²) in [7, 11) is 0. The van der Waals surface area contributed by atoms with Crippen LogP contribution in [0.3, 0.4) is 0 Å². The Hall–Kier alpha value is -1.31. The van der Waals surface area contributed by atoms with Gasteiger partial charge in [0, 0.05) is 17.1 Å². The Bertz CT molecular complexity index is 330. The van der Waals surface area contributed by atoms with Crippen molar-refractivity contribution in [2.75, 3.05) is 0 Å². The van der Waals surface area contributed by atoms with E-state index in [1.54, 1.807) is 6.08 Å². The Balaban J connectivity index is 2.51. The molecular formula is C10H10O2. The summed E-state index contributed by atoms with van der Waals surface area (Å²) < 4.78 is 4.98. The van der Waals surface area contributed by atoms with Crippen LogP contribution in [0.25, 0.3) is 0 Å². The Morgan fingerprint density at radius 1 is 1.42 bits per heavy atom. The maximum absolute atomic E-state index is 10.9. The van der Waals surface area contributed by atoms with E-state index < -0.39 is 0 Å². The van der Waals surface area contributed by atoms with E-state index in [4.69, 9.17) is 4.74 Å². The molecule has 2 rings (SSSR count). The predicted octanol–water partition coefficient (Wildman–Crippen LogP) is 1.95. The molecule has 0 amide bonds. The molecule has 0 unspecified atom stereocenters. The Morgan fingerprint density at radius 3 is 2.83 bits per heavy atom. The summed E-state index contributed by atoms with van der Waals surface area (Å²) >= 11 is 0. The highest BCUT2D eigenvalue weighted by molar-refractivity contribution is 5.89. The van der Waals surface area contributed by atoms with E-state index in [1.165, 1.54) is 0 Å². The molecule has 62 valence electrons. The molecule has 0 aromatic carbocycles. The third kappa shape index (κ3) is 0.916. The lowest BCUT2D eigenvalue weighted by Crippen LogP contribution is -2.13. The zero-order valence-electron chi connectivity index (χ0n) is 7.13. The molecule has 0 aromatic rings. The maximum Gasteiger partial charge on any atom is 0.336 e. The van der Waals surface area contributed by atoms with Crippen molar-refractivity contribution in [2.24, 2.45) is 5.41 Å². The number of fused-ring (bicyclic) bond motifs is 1. The summed E-state index contributed by atoms with van der Waals surface area (Å²) in [6, 6.07) is 0. The minimum absolute atomic E-state index is 0.0732. The van der Waals surface area contributed by atoms with Crippen LogP contribution >= 0.6 is 0 Å². The van der Waals surface area contributed by atoms with Crippen LogP contribution in [-0.2, 0) is 9.53 Å². The molecule has 2 nitrogen and oxygen atoms in total. The second kappa shape index (κ2) is 2.09. The minimum atomic E-state index is -0.256. The molecule has 1 aliphatic carbocycles. The van der Waals surface area contributed by atoms with E-state index in [2.05, 4.69) is 19.9 Å². The fraction of sp³-hybridized carbons (Fsp3) is 0.300. The van der Waals surface area contributed by atoms with E-state index in [1.807, 2.05) is 12.2 Å². The zero-order valence-corrected chi connectivity index (χ0v) is 7.13. The quantitative estimate of drug-likeness (QED) is 0.509. The van der Waals surface area contributed by atoms with Gasteiger partial charge in [0.25, 0.3) is 0 Å². The van der Waals surface area contributed by atoms with Crippen LogP contribution in [-0.4, -0.2) is 5.97 Å². The van der Waals surface area contributed by atoms with Gasteiger partial charge in [0.1, 0.15) is 5.76 Å². The normalized spacial score (nSPS) is 24.3. The molecule has 0 saturated carbocycles. The van der Waals surface area contributed by atoms with E-state index in [9.17, 15) is 4.79 Å². The molecule has 1 aliphatic heterocycles. The van der Waals surface area contributed by atoms with Gasteiger partial charge in [0.15, 0.2) is 0 Å². The molecule has 2 heteroatoms. The summed E-state index contributed by atoms with van der Waals surface area (Å²) in [5.41, 5.74) is 0.908. The average Bonchev–Trinajstić information content (AvgIpc) is 2.30. The summed E-state index contributed by atoms with van der Waals surface area (Å²) in [5, 5.41) is 0. The monoisotopic (exact) mass is 162 g/mol. The smallest absolute Gasteiger partial charge is 0.336 e. The number of esters is 1. The molecule has 2 aliphatic rings. The van der Waals surface area contributed by atoms with Crippen LogP contribution in [0.4, 0.5) is 0 Å². The topological polar surface area (TPSA) is 26.3 Å². The molecule has 0 aromatic heterocycles. The summed E-state index contributed by atoms with van der Waals surface area (Å²) in [4.78, 5) is 10.9. The first-order valence-electron chi connectivity index (χ1n) is 3.93. The Labute approximate surface area is 71.2 Å². The van der Waals surface area contributed by atoms with Crippen molar-refractivity contribution in [3.8, 4) is 0 Å². The van der Waals surface area contributed by atoms with Crippen LogP contribution < -0.4 is 0 Å². The van der Waals surface area contributed by atoms with Crippen molar-refractivity contribution in [3.05, 3.63) is 35.6 Å². The number of carbonyl (C=O) groups excluding carboxylic acids is 1.